The monoisotopic (exact) mass is 276 g/mol. The highest BCUT2D eigenvalue weighted by Crippen LogP contribution is 2.30. The first-order valence-corrected chi connectivity index (χ1v) is 8.03. The van der Waals surface area contributed by atoms with Gasteiger partial charge in [-0.2, -0.15) is 0 Å². The largest absolute Gasteiger partial charge is 0.350 e. The highest BCUT2D eigenvalue weighted by atomic mass is 16.7. The summed E-state index contributed by atoms with van der Waals surface area (Å²) in [5.41, 5.74) is 2.77. The van der Waals surface area contributed by atoms with Gasteiger partial charge in [-0.25, -0.2) is 0 Å². The Morgan fingerprint density at radius 2 is 1.70 bits per heavy atom. The van der Waals surface area contributed by atoms with Crippen LogP contribution in [0.3, 0.4) is 0 Å². The van der Waals surface area contributed by atoms with Crippen molar-refractivity contribution in [2.75, 3.05) is 13.2 Å². The van der Waals surface area contributed by atoms with E-state index in [1.807, 2.05) is 0 Å². The molecule has 1 aromatic rings. The van der Waals surface area contributed by atoms with Crippen molar-refractivity contribution in [2.24, 2.45) is 0 Å². The molecule has 0 N–H and O–H groups in total. The van der Waals surface area contributed by atoms with E-state index in [9.17, 15) is 0 Å². The van der Waals surface area contributed by atoms with E-state index in [2.05, 4.69) is 45.0 Å². The summed E-state index contributed by atoms with van der Waals surface area (Å²) in [7, 11) is 0. The molecule has 1 aromatic carbocycles. The summed E-state index contributed by atoms with van der Waals surface area (Å²) >= 11 is 0. The van der Waals surface area contributed by atoms with Crippen LogP contribution < -0.4 is 0 Å². The number of unbranched alkanes of at least 4 members (excludes halogenated alkanes) is 1. The molecule has 2 rings (SSSR count). The van der Waals surface area contributed by atoms with Crippen LogP contribution in [0.5, 0.6) is 0 Å². The third-order valence-electron chi connectivity index (χ3n) is 4.15. The molecule has 0 saturated carbocycles. The minimum Gasteiger partial charge on any atom is -0.350 e. The summed E-state index contributed by atoms with van der Waals surface area (Å²) in [6.07, 6.45) is 5.76. The Labute approximate surface area is 123 Å². The zero-order chi connectivity index (χ0) is 14.4. The first kappa shape index (κ1) is 15.5. The smallest absolute Gasteiger partial charge is 0.165 e. The molecule has 1 aliphatic rings. The molecule has 20 heavy (non-hydrogen) atoms. The van der Waals surface area contributed by atoms with Gasteiger partial charge >= 0.3 is 0 Å². The lowest BCUT2D eigenvalue weighted by atomic mass is 9.97. The molecule has 2 nitrogen and oxygen atoms in total. The van der Waals surface area contributed by atoms with Crippen molar-refractivity contribution < 1.29 is 9.47 Å². The molecular formula is C18H28O2. The summed E-state index contributed by atoms with van der Waals surface area (Å²) in [6.45, 7) is 7.99. The Bertz CT molecular complexity index is 388. The average Bonchev–Trinajstić information content (AvgIpc) is 2.47. The van der Waals surface area contributed by atoms with Crippen molar-refractivity contribution in [3.63, 3.8) is 0 Å². The lowest BCUT2D eigenvalue weighted by Crippen LogP contribution is -2.40. The van der Waals surface area contributed by atoms with Crippen molar-refractivity contribution in [3.05, 3.63) is 35.4 Å². The van der Waals surface area contributed by atoms with Gasteiger partial charge in [0, 0.05) is 12.3 Å². The lowest BCUT2D eigenvalue weighted by molar-refractivity contribution is -0.265. The Kier molecular flexibility index (Phi) is 5.62. The average molecular weight is 276 g/mol. The quantitative estimate of drug-likeness (QED) is 0.751. The Balaban J connectivity index is 1.90. The zero-order valence-electron chi connectivity index (χ0n) is 13.2. The van der Waals surface area contributed by atoms with Crippen LogP contribution in [0.2, 0.25) is 0 Å². The number of aryl methyl sites for hydroxylation is 1. The number of hydrogen-bond acceptors (Lipinski definition) is 2. The molecule has 112 valence electrons. The predicted molar refractivity (Wildman–Crippen MR) is 83.0 cm³/mol. The van der Waals surface area contributed by atoms with Crippen LogP contribution in [0.4, 0.5) is 0 Å². The summed E-state index contributed by atoms with van der Waals surface area (Å²) in [5, 5.41) is 0. The first-order valence-electron chi connectivity index (χ1n) is 8.03. The van der Waals surface area contributed by atoms with E-state index in [-0.39, 0.29) is 5.79 Å². The summed E-state index contributed by atoms with van der Waals surface area (Å²) in [4.78, 5) is 0. The highest BCUT2D eigenvalue weighted by Gasteiger charge is 2.32. The van der Waals surface area contributed by atoms with Gasteiger partial charge in [-0.1, -0.05) is 51.0 Å². The number of benzene rings is 1. The zero-order valence-corrected chi connectivity index (χ0v) is 13.2. The van der Waals surface area contributed by atoms with Crippen LogP contribution in [-0.4, -0.2) is 19.0 Å². The minimum absolute atomic E-state index is 0.369. The Morgan fingerprint density at radius 1 is 1.05 bits per heavy atom. The molecule has 0 unspecified atom stereocenters. The molecule has 0 radical (unpaired) electrons. The third-order valence-corrected chi connectivity index (χ3v) is 4.15. The fourth-order valence-electron chi connectivity index (χ4n) is 2.77. The van der Waals surface area contributed by atoms with Gasteiger partial charge in [0.05, 0.1) is 13.2 Å². The van der Waals surface area contributed by atoms with E-state index in [0.29, 0.717) is 5.92 Å². The van der Waals surface area contributed by atoms with Gasteiger partial charge in [0.15, 0.2) is 5.79 Å². The van der Waals surface area contributed by atoms with Crippen molar-refractivity contribution in [2.45, 2.75) is 64.6 Å². The van der Waals surface area contributed by atoms with Gasteiger partial charge in [0.25, 0.3) is 0 Å². The predicted octanol–water partition coefficient (Wildman–Crippen LogP) is 4.68. The van der Waals surface area contributed by atoms with Crippen molar-refractivity contribution in [3.8, 4) is 0 Å². The fraction of sp³-hybridized carbons (Fsp3) is 0.667. The van der Waals surface area contributed by atoms with Crippen molar-refractivity contribution in [1.82, 2.24) is 0 Å². The molecule has 2 heteroatoms. The fourth-order valence-corrected chi connectivity index (χ4v) is 2.77. The maximum absolute atomic E-state index is 5.95. The van der Waals surface area contributed by atoms with Crippen LogP contribution in [0.15, 0.2) is 24.3 Å². The van der Waals surface area contributed by atoms with Crippen molar-refractivity contribution >= 4 is 0 Å². The third kappa shape index (κ3) is 4.07. The number of hydrogen-bond donors (Lipinski definition) is 0. The van der Waals surface area contributed by atoms with Gasteiger partial charge < -0.3 is 9.47 Å². The van der Waals surface area contributed by atoms with E-state index in [1.165, 1.54) is 30.4 Å². The molecule has 0 atom stereocenters. The second-order valence-electron chi connectivity index (χ2n) is 6.05. The van der Waals surface area contributed by atoms with Crippen LogP contribution >= 0.6 is 0 Å². The molecule has 0 aliphatic carbocycles. The standard InChI is InChI=1S/C18H28O2/c1-4-6-7-15-8-10-16(11-9-15)17-13-19-18(3,12-5-2)20-14-17/h8-11,17H,4-7,12-14H2,1-3H3/t17-,18-. The van der Waals surface area contributed by atoms with Gasteiger partial charge in [-0.15, -0.1) is 0 Å². The number of ether oxygens (including phenoxy) is 2. The van der Waals surface area contributed by atoms with E-state index in [1.54, 1.807) is 0 Å². The highest BCUT2D eigenvalue weighted by molar-refractivity contribution is 5.26. The maximum atomic E-state index is 5.95. The topological polar surface area (TPSA) is 18.5 Å². The van der Waals surface area contributed by atoms with Crippen LogP contribution in [0.1, 0.15) is 63.5 Å². The van der Waals surface area contributed by atoms with Gasteiger partial charge in [-0.05, 0) is 30.9 Å². The minimum atomic E-state index is -0.369. The normalized spacial score (nSPS) is 26.6. The Morgan fingerprint density at radius 3 is 2.25 bits per heavy atom. The molecule has 0 amide bonds. The number of rotatable bonds is 6. The summed E-state index contributed by atoms with van der Waals surface area (Å²) in [5.74, 6) is 0.00641. The molecule has 1 fully saturated rings. The van der Waals surface area contributed by atoms with Crippen LogP contribution in [0, 0.1) is 0 Å². The molecule has 0 aromatic heterocycles. The molecule has 0 bridgehead atoms. The van der Waals surface area contributed by atoms with Crippen molar-refractivity contribution in [1.29, 1.82) is 0 Å². The molecule has 1 saturated heterocycles. The molecule has 1 aliphatic heterocycles. The Hall–Kier alpha value is -0.860. The van der Waals surface area contributed by atoms with Crippen LogP contribution in [0.25, 0.3) is 0 Å². The van der Waals surface area contributed by atoms with Gasteiger partial charge in [0.1, 0.15) is 0 Å². The summed E-state index contributed by atoms with van der Waals surface area (Å²) in [6, 6.07) is 8.99. The first-order chi connectivity index (χ1) is 9.67. The SMILES string of the molecule is CCCCc1ccc([C@H]2CO[C@](C)(CCC)OC2)cc1. The van der Waals surface area contributed by atoms with Gasteiger partial charge in [-0.3, -0.25) is 0 Å². The van der Waals surface area contributed by atoms with E-state index < -0.39 is 0 Å². The molecule has 0 spiro atoms. The van der Waals surface area contributed by atoms with E-state index in [4.69, 9.17) is 9.47 Å². The second-order valence-corrected chi connectivity index (χ2v) is 6.05. The molecular weight excluding hydrogens is 248 g/mol. The second kappa shape index (κ2) is 7.24. The van der Waals surface area contributed by atoms with E-state index in [0.717, 1.165) is 26.1 Å². The van der Waals surface area contributed by atoms with E-state index >= 15 is 0 Å². The van der Waals surface area contributed by atoms with Gasteiger partial charge in [0.2, 0.25) is 0 Å². The van der Waals surface area contributed by atoms with Crippen LogP contribution in [-0.2, 0) is 15.9 Å². The lowest BCUT2D eigenvalue weighted by Gasteiger charge is -2.37. The maximum Gasteiger partial charge on any atom is 0.165 e. The summed E-state index contributed by atoms with van der Waals surface area (Å²) < 4.78 is 11.9. The molecule has 1 heterocycles.